The number of furan rings is 1. The van der Waals surface area contributed by atoms with Crippen molar-refractivity contribution in [1.29, 1.82) is 0 Å². The van der Waals surface area contributed by atoms with Crippen LogP contribution >= 0.6 is 11.8 Å². The molecule has 144 valence electrons. The molecule has 1 aliphatic rings. The SMILES string of the molecule is c1coc(-c2nnc(SCCCCCn3cccn3)n2C2CCCCC2)c1. The summed E-state index contributed by atoms with van der Waals surface area (Å²) in [5.41, 5.74) is 0. The standard InChI is InChI=1S/C20H27N5OS/c1-3-9-17(10-4-1)25-19(18-11-7-15-26-18)22-23-20(25)27-16-6-2-5-13-24-14-8-12-21-24/h7-8,11-12,14-15,17H,1-6,9-10,13,16H2. The number of aryl methyl sites for hydroxylation is 1. The van der Waals surface area contributed by atoms with Crippen molar-refractivity contribution in [3.63, 3.8) is 0 Å². The number of hydrogen-bond donors (Lipinski definition) is 0. The van der Waals surface area contributed by atoms with Gasteiger partial charge in [-0.2, -0.15) is 5.10 Å². The van der Waals surface area contributed by atoms with Crippen LogP contribution in [0.25, 0.3) is 11.6 Å². The second kappa shape index (κ2) is 9.26. The minimum Gasteiger partial charge on any atom is -0.461 e. The number of hydrogen-bond acceptors (Lipinski definition) is 5. The summed E-state index contributed by atoms with van der Waals surface area (Å²) in [5.74, 6) is 2.77. The molecule has 0 N–H and O–H groups in total. The Balaban J connectivity index is 1.35. The van der Waals surface area contributed by atoms with Crippen LogP contribution in [0.4, 0.5) is 0 Å². The van der Waals surface area contributed by atoms with Crippen LogP contribution in [0.1, 0.15) is 57.4 Å². The first-order chi connectivity index (χ1) is 13.4. The number of thioether (sulfide) groups is 1. The number of nitrogens with zero attached hydrogens (tertiary/aromatic N) is 5. The Kier molecular flexibility index (Phi) is 6.29. The maximum Gasteiger partial charge on any atom is 0.200 e. The van der Waals surface area contributed by atoms with E-state index >= 15 is 0 Å². The first-order valence-electron chi connectivity index (χ1n) is 10.0. The summed E-state index contributed by atoms with van der Waals surface area (Å²) >= 11 is 1.83. The Hall–Kier alpha value is -2.02. The van der Waals surface area contributed by atoms with Crippen LogP contribution in [-0.4, -0.2) is 30.3 Å². The zero-order chi connectivity index (χ0) is 18.3. The third kappa shape index (κ3) is 4.64. The summed E-state index contributed by atoms with van der Waals surface area (Å²) < 4.78 is 9.96. The lowest BCUT2D eigenvalue weighted by Crippen LogP contribution is -2.15. The molecule has 27 heavy (non-hydrogen) atoms. The average Bonchev–Trinajstić information content (AvgIpc) is 3.47. The van der Waals surface area contributed by atoms with Gasteiger partial charge in [0, 0.05) is 30.7 Å². The molecule has 0 aliphatic heterocycles. The van der Waals surface area contributed by atoms with Gasteiger partial charge in [0.2, 0.25) is 5.82 Å². The van der Waals surface area contributed by atoms with Gasteiger partial charge in [0.1, 0.15) is 0 Å². The van der Waals surface area contributed by atoms with E-state index in [1.807, 2.05) is 47.0 Å². The summed E-state index contributed by atoms with van der Waals surface area (Å²) in [7, 11) is 0. The predicted octanol–water partition coefficient (Wildman–Crippen LogP) is 5.20. The number of rotatable bonds is 9. The Labute approximate surface area is 164 Å². The molecule has 0 bridgehead atoms. The van der Waals surface area contributed by atoms with Crippen LogP contribution in [0.3, 0.4) is 0 Å². The van der Waals surface area contributed by atoms with Crippen molar-refractivity contribution >= 4 is 11.8 Å². The van der Waals surface area contributed by atoms with Gasteiger partial charge in [-0.15, -0.1) is 10.2 Å². The molecule has 6 nitrogen and oxygen atoms in total. The highest BCUT2D eigenvalue weighted by Gasteiger charge is 2.24. The van der Waals surface area contributed by atoms with Gasteiger partial charge < -0.3 is 4.42 Å². The minimum absolute atomic E-state index is 0.496. The fourth-order valence-electron chi connectivity index (χ4n) is 3.77. The maximum absolute atomic E-state index is 5.62. The highest BCUT2D eigenvalue weighted by molar-refractivity contribution is 7.99. The summed E-state index contributed by atoms with van der Waals surface area (Å²) in [4.78, 5) is 0. The van der Waals surface area contributed by atoms with Crippen LogP contribution in [0.15, 0.2) is 46.4 Å². The molecular weight excluding hydrogens is 358 g/mol. The van der Waals surface area contributed by atoms with Gasteiger partial charge in [-0.05, 0) is 43.9 Å². The molecular formula is C20H27N5OS. The molecule has 1 fully saturated rings. The van der Waals surface area contributed by atoms with E-state index in [0.717, 1.165) is 35.5 Å². The zero-order valence-corrected chi connectivity index (χ0v) is 16.5. The van der Waals surface area contributed by atoms with E-state index in [0.29, 0.717) is 6.04 Å². The molecule has 7 heteroatoms. The van der Waals surface area contributed by atoms with Crippen LogP contribution in [-0.2, 0) is 6.54 Å². The van der Waals surface area contributed by atoms with Crippen LogP contribution < -0.4 is 0 Å². The normalized spacial score (nSPS) is 15.4. The van der Waals surface area contributed by atoms with E-state index in [1.165, 1.54) is 44.9 Å². The van der Waals surface area contributed by atoms with Crippen molar-refractivity contribution in [3.8, 4) is 11.6 Å². The molecule has 0 radical (unpaired) electrons. The van der Waals surface area contributed by atoms with E-state index in [9.17, 15) is 0 Å². The van der Waals surface area contributed by atoms with Gasteiger partial charge in [-0.3, -0.25) is 9.25 Å². The zero-order valence-electron chi connectivity index (χ0n) is 15.7. The molecule has 0 amide bonds. The smallest absolute Gasteiger partial charge is 0.200 e. The van der Waals surface area contributed by atoms with Crippen molar-refractivity contribution in [3.05, 3.63) is 36.9 Å². The third-order valence-corrected chi connectivity index (χ3v) is 6.20. The largest absolute Gasteiger partial charge is 0.461 e. The van der Waals surface area contributed by atoms with E-state index in [-0.39, 0.29) is 0 Å². The molecule has 1 aliphatic carbocycles. The fraction of sp³-hybridized carbons (Fsp3) is 0.550. The second-order valence-electron chi connectivity index (χ2n) is 7.12. The molecule has 0 aromatic carbocycles. The van der Waals surface area contributed by atoms with E-state index in [1.54, 1.807) is 6.26 Å². The molecule has 0 atom stereocenters. The van der Waals surface area contributed by atoms with Gasteiger partial charge in [0.15, 0.2) is 10.9 Å². The van der Waals surface area contributed by atoms with Crippen molar-refractivity contribution in [2.24, 2.45) is 0 Å². The quantitative estimate of drug-likeness (QED) is 0.374. The molecule has 3 aromatic rings. The van der Waals surface area contributed by atoms with E-state index < -0.39 is 0 Å². The van der Waals surface area contributed by atoms with Gasteiger partial charge in [-0.25, -0.2) is 0 Å². The summed E-state index contributed by atoms with van der Waals surface area (Å²) in [6.07, 6.45) is 15.5. The van der Waals surface area contributed by atoms with Gasteiger partial charge >= 0.3 is 0 Å². The maximum atomic E-state index is 5.62. The second-order valence-corrected chi connectivity index (χ2v) is 8.19. The minimum atomic E-state index is 0.496. The van der Waals surface area contributed by atoms with Crippen molar-refractivity contribution < 1.29 is 4.42 Å². The van der Waals surface area contributed by atoms with Crippen LogP contribution in [0, 0.1) is 0 Å². The molecule has 0 spiro atoms. The van der Waals surface area contributed by atoms with Crippen molar-refractivity contribution in [2.75, 3.05) is 5.75 Å². The summed E-state index contributed by atoms with van der Waals surface area (Å²) in [6.45, 7) is 0.999. The third-order valence-electron chi connectivity index (χ3n) is 5.17. The molecule has 4 rings (SSSR count). The lowest BCUT2D eigenvalue weighted by molar-refractivity contribution is 0.337. The topological polar surface area (TPSA) is 61.7 Å². The highest BCUT2D eigenvalue weighted by atomic mass is 32.2. The fourth-order valence-corrected chi connectivity index (χ4v) is 4.77. The van der Waals surface area contributed by atoms with Gasteiger partial charge in [0.25, 0.3) is 0 Å². The number of aromatic nitrogens is 5. The first kappa shape index (κ1) is 18.3. The Morgan fingerprint density at radius 2 is 2.00 bits per heavy atom. The molecule has 3 aromatic heterocycles. The van der Waals surface area contributed by atoms with Gasteiger partial charge in [0.05, 0.1) is 6.26 Å². The Bertz CT molecular complexity index is 791. The Morgan fingerprint density at radius 1 is 1.07 bits per heavy atom. The van der Waals surface area contributed by atoms with Crippen LogP contribution in [0.5, 0.6) is 0 Å². The first-order valence-corrected chi connectivity index (χ1v) is 11.0. The monoisotopic (exact) mass is 385 g/mol. The van der Waals surface area contributed by atoms with Crippen molar-refractivity contribution in [2.45, 2.75) is 69.1 Å². The average molecular weight is 386 g/mol. The molecule has 1 saturated carbocycles. The van der Waals surface area contributed by atoms with E-state index in [2.05, 4.69) is 19.9 Å². The molecule has 3 heterocycles. The Morgan fingerprint density at radius 3 is 2.78 bits per heavy atom. The highest BCUT2D eigenvalue weighted by Crippen LogP contribution is 2.35. The molecule has 0 unspecified atom stereocenters. The summed E-state index contributed by atoms with van der Waals surface area (Å²) in [6, 6.07) is 6.37. The van der Waals surface area contributed by atoms with Gasteiger partial charge in [-0.1, -0.05) is 37.4 Å². The summed E-state index contributed by atoms with van der Waals surface area (Å²) in [5, 5.41) is 14.3. The lowest BCUT2D eigenvalue weighted by atomic mass is 9.95. The lowest BCUT2D eigenvalue weighted by Gasteiger charge is -2.25. The number of unbranched alkanes of at least 4 members (excludes halogenated alkanes) is 2. The predicted molar refractivity (Wildman–Crippen MR) is 107 cm³/mol. The molecule has 0 saturated heterocycles. The van der Waals surface area contributed by atoms with E-state index in [4.69, 9.17) is 4.42 Å². The van der Waals surface area contributed by atoms with Crippen molar-refractivity contribution in [1.82, 2.24) is 24.5 Å². The van der Waals surface area contributed by atoms with Crippen LogP contribution in [0.2, 0.25) is 0 Å².